The largest absolute Gasteiger partial charge is 0.477 e. The van der Waals surface area contributed by atoms with Crippen LogP contribution in [0.25, 0.3) is 0 Å². The van der Waals surface area contributed by atoms with Gasteiger partial charge in [0.2, 0.25) is 0 Å². The van der Waals surface area contributed by atoms with Crippen molar-refractivity contribution < 1.29 is 38.2 Å². The van der Waals surface area contributed by atoms with Gasteiger partial charge >= 0.3 is 17.9 Å². The van der Waals surface area contributed by atoms with E-state index in [0.717, 1.165) is 83.5 Å². The van der Waals surface area contributed by atoms with Crippen LogP contribution in [0.5, 0.6) is 0 Å². The van der Waals surface area contributed by atoms with Crippen molar-refractivity contribution >= 4 is 17.9 Å². The van der Waals surface area contributed by atoms with Crippen molar-refractivity contribution in [1.82, 2.24) is 0 Å². The summed E-state index contributed by atoms with van der Waals surface area (Å²) in [5, 5.41) is 9.66. The molecule has 8 nitrogen and oxygen atoms in total. The summed E-state index contributed by atoms with van der Waals surface area (Å²) in [6.07, 6.45) is 59.8. The maximum Gasteiger partial charge on any atom is 0.362 e. The third-order valence-corrected chi connectivity index (χ3v) is 11.9. The first-order valence-electron chi connectivity index (χ1n) is 26.8. The van der Waals surface area contributed by atoms with Gasteiger partial charge in [0.05, 0.1) is 34.4 Å². The number of allylic oxidation sites excluding steroid dienone is 10. The van der Waals surface area contributed by atoms with Crippen LogP contribution >= 0.6 is 0 Å². The Hall–Kier alpha value is -2.97. The van der Waals surface area contributed by atoms with Crippen LogP contribution in [0.1, 0.15) is 232 Å². The fourth-order valence-electron chi connectivity index (χ4n) is 7.83. The van der Waals surface area contributed by atoms with Gasteiger partial charge in [-0.3, -0.25) is 9.59 Å². The highest BCUT2D eigenvalue weighted by atomic mass is 16.6. The second-order valence-electron chi connectivity index (χ2n) is 19.1. The third-order valence-electron chi connectivity index (χ3n) is 11.9. The van der Waals surface area contributed by atoms with Gasteiger partial charge in [0, 0.05) is 19.3 Å². The van der Waals surface area contributed by atoms with E-state index >= 15 is 0 Å². The molecule has 0 amide bonds. The predicted octanol–water partition coefficient (Wildman–Crippen LogP) is 15.7. The fourth-order valence-corrected chi connectivity index (χ4v) is 7.83. The highest BCUT2D eigenvalue weighted by Gasteiger charge is 2.31. The Morgan fingerprint density at radius 2 is 0.862 bits per heavy atom. The Morgan fingerprint density at radius 3 is 1.28 bits per heavy atom. The second-order valence-corrected chi connectivity index (χ2v) is 19.1. The average molecular weight is 913 g/mol. The standard InChI is InChI=1S/C57H101NO7/c1-6-8-10-12-14-16-18-20-22-24-26-27-28-30-32-34-36-38-40-42-44-46-48-56(60)65-53(51-63-50-49-54(57(61)62)58(3,4)5)52-64-55(59)47-45-43-41-39-37-35-33-31-29-25-23-21-19-17-15-13-11-9-7-2/h8,10,14,16,20,22,26-27,30,32,53-54H,6-7,9,11-13,15,17-19,21,23-25,28-29,31,33-52H2,1-5H3/p+1/b10-8+,16-14+,22-20+,27-26+,32-30+. The maximum atomic E-state index is 12.8. The Labute approximate surface area is 400 Å². The molecule has 0 aromatic rings. The number of carbonyl (C=O) groups is 3. The van der Waals surface area contributed by atoms with E-state index < -0.39 is 18.1 Å². The zero-order valence-corrected chi connectivity index (χ0v) is 42.9. The molecule has 0 saturated heterocycles. The molecule has 376 valence electrons. The Balaban J connectivity index is 4.25. The number of esters is 2. The summed E-state index contributed by atoms with van der Waals surface area (Å²) >= 11 is 0. The average Bonchev–Trinajstić information content (AvgIpc) is 3.27. The number of hydrogen-bond donors (Lipinski definition) is 1. The molecule has 0 fully saturated rings. The molecule has 0 saturated carbocycles. The molecule has 0 aromatic carbocycles. The minimum atomic E-state index is -0.877. The lowest BCUT2D eigenvalue weighted by molar-refractivity contribution is -0.887. The smallest absolute Gasteiger partial charge is 0.362 e. The van der Waals surface area contributed by atoms with Gasteiger partial charge in [-0.05, 0) is 57.8 Å². The predicted molar refractivity (Wildman–Crippen MR) is 275 cm³/mol. The van der Waals surface area contributed by atoms with Crippen molar-refractivity contribution in [3.63, 3.8) is 0 Å². The number of carboxylic acid groups (broad SMARTS) is 1. The third kappa shape index (κ3) is 46.0. The van der Waals surface area contributed by atoms with Gasteiger partial charge in [0.1, 0.15) is 6.61 Å². The lowest BCUT2D eigenvalue weighted by Gasteiger charge is -2.31. The molecule has 0 rings (SSSR count). The number of carboxylic acids is 1. The number of rotatable bonds is 48. The number of ether oxygens (including phenoxy) is 3. The fraction of sp³-hybridized carbons (Fsp3) is 0.772. The lowest BCUT2D eigenvalue weighted by atomic mass is 10.0. The number of likely N-dealkylation sites (N-methyl/N-ethyl adjacent to an activating group) is 1. The van der Waals surface area contributed by atoms with Gasteiger partial charge in [-0.1, -0.05) is 216 Å². The van der Waals surface area contributed by atoms with E-state index in [1.807, 2.05) is 21.1 Å². The van der Waals surface area contributed by atoms with Gasteiger partial charge < -0.3 is 23.8 Å². The molecule has 0 aliphatic heterocycles. The Morgan fingerprint density at radius 1 is 0.477 bits per heavy atom. The summed E-state index contributed by atoms with van der Waals surface area (Å²) in [6.45, 7) is 4.64. The quantitative estimate of drug-likeness (QED) is 0.0281. The van der Waals surface area contributed by atoms with Crippen LogP contribution < -0.4 is 0 Å². The maximum absolute atomic E-state index is 12.8. The minimum absolute atomic E-state index is 0.0552. The van der Waals surface area contributed by atoms with E-state index in [4.69, 9.17) is 14.2 Å². The van der Waals surface area contributed by atoms with Crippen LogP contribution in [0.2, 0.25) is 0 Å². The van der Waals surface area contributed by atoms with Gasteiger partial charge in [0.25, 0.3) is 0 Å². The summed E-state index contributed by atoms with van der Waals surface area (Å²) < 4.78 is 17.4. The van der Waals surface area contributed by atoms with Crippen molar-refractivity contribution in [2.24, 2.45) is 0 Å². The van der Waals surface area contributed by atoms with E-state index in [-0.39, 0.29) is 36.2 Å². The van der Waals surface area contributed by atoms with Crippen LogP contribution in [0, 0.1) is 0 Å². The van der Waals surface area contributed by atoms with Crippen LogP contribution in [-0.4, -0.2) is 80.6 Å². The molecule has 0 aromatic heterocycles. The number of unbranched alkanes of at least 4 members (excludes halogenated alkanes) is 24. The highest BCUT2D eigenvalue weighted by Crippen LogP contribution is 2.16. The van der Waals surface area contributed by atoms with E-state index in [2.05, 4.69) is 74.6 Å². The van der Waals surface area contributed by atoms with Crippen molar-refractivity contribution in [3.05, 3.63) is 60.8 Å². The van der Waals surface area contributed by atoms with Crippen molar-refractivity contribution in [3.8, 4) is 0 Å². The lowest BCUT2D eigenvalue weighted by Crippen LogP contribution is -2.50. The molecule has 1 N–H and O–H groups in total. The monoisotopic (exact) mass is 913 g/mol. The Bertz CT molecular complexity index is 1250. The molecule has 2 unspecified atom stereocenters. The van der Waals surface area contributed by atoms with Crippen molar-refractivity contribution in [1.29, 1.82) is 0 Å². The molecule has 65 heavy (non-hydrogen) atoms. The molecular weight excluding hydrogens is 811 g/mol. The van der Waals surface area contributed by atoms with Crippen molar-refractivity contribution in [2.75, 3.05) is 41.0 Å². The number of carbonyl (C=O) groups excluding carboxylic acids is 2. The first-order chi connectivity index (χ1) is 31.6. The number of aliphatic carboxylic acids is 1. The van der Waals surface area contributed by atoms with E-state index in [0.29, 0.717) is 19.3 Å². The van der Waals surface area contributed by atoms with Crippen LogP contribution in [0.15, 0.2) is 60.8 Å². The summed E-state index contributed by atoms with van der Waals surface area (Å²) in [5.41, 5.74) is 0. The van der Waals surface area contributed by atoms with Gasteiger partial charge in [-0.15, -0.1) is 0 Å². The van der Waals surface area contributed by atoms with Crippen LogP contribution in [-0.2, 0) is 28.6 Å². The molecule has 0 aliphatic carbocycles. The number of nitrogens with zero attached hydrogens (tertiary/aromatic N) is 1. The molecule has 0 aliphatic rings. The summed E-state index contributed by atoms with van der Waals surface area (Å²) in [6, 6.07) is -0.619. The molecule has 0 heterocycles. The summed E-state index contributed by atoms with van der Waals surface area (Å²) in [7, 11) is 5.53. The van der Waals surface area contributed by atoms with Crippen LogP contribution in [0.4, 0.5) is 0 Å². The SMILES string of the molecule is CC/C=C/C/C=C/C/C=C/C/C=C/C/C=C/CCCCCCCCC(=O)OC(COCCC(C(=O)O)[N+](C)(C)C)COC(=O)CCCCCCCCCCCCCCCCCCCCC. The number of quaternary nitrogens is 1. The number of hydrogen-bond acceptors (Lipinski definition) is 6. The van der Waals surface area contributed by atoms with E-state index in [9.17, 15) is 19.5 Å². The van der Waals surface area contributed by atoms with E-state index in [1.165, 1.54) is 116 Å². The molecular formula is C57H102NO7+. The molecule has 8 heteroatoms. The molecule has 2 atom stereocenters. The first kappa shape index (κ1) is 62.0. The second kappa shape index (κ2) is 47.5. The normalized spacial score (nSPS) is 13.3. The molecule has 0 spiro atoms. The summed E-state index contributed by atoms with van der Waals surface area (Å²) in [4.78, 5) is 37.2. The summed E-state index contributed by atoms with van der Waals surface area (Å²) in [5.74, 6) is -1.48. The van der Waals surface area contributed by atoms with Gasteiger partial charge in [-0.25, -0.2) is 4.79 Å². The molecule has 0 bridgehead atoms. The molecule has 0 radical (unpaired) electrons. The van der Waals surface area contributed by atoms with E-state index in [1.54, 1.807) is 0 Å². The first-order valence-corrected chi connectivity index (χ1v) is 26.8. The Kier molecular flexibility index (Phi) is 45.3. The zero-order chi connectivity index (χ0) is 47.7. The topological polar surface area (TPSA) is 99.1 Å². The van der Waals surface area contributed by atoms with Gasteiger partial charge in [0.15, 0.2) is 12.1 Å². The van der Waals surface area contributed by atoms with Gasteiger partial charge in [-0.2, -0.15) is 0 Å². The van der Waals surface area contributed by atoms with Crippen molar-refractivity contribution in [2.45, 2.75) is 244 Å². The van der Waals surface area contributed by atoms with Crippen LogP contribution in [0.3, 0.4) is 0 Å². The zero-order valence-electron chi connectivity index (χ0n) is 42.9. The highest BCUT2D eigenvalue weighted by molar-refractivity contribution is 5.72. The minimum Gasteiger partial charge on any atom is -0.477 e.